The van der Waals surface area contributed by atoms with Gasteiger partial charge in [-0.3, -0.25) is 0 Å². The van der Waals surface area contributed by atoms with Crippen LogP contribution >= 0.6 is 11.3 Å². The first-order valence-corrected chi connectivity index (χ1v) is 7.09. The van der Waals surface area contributed by atoms with E-state index in [2.05, 4.69) is 10.3 Å². The Balaban J connectivity index is 2.11. The predicted octanol–water partition coefficient (Wildman–Crippen LogP) is 3.68. The topological polar surface area (TPSA) is 24.9 Å². The first-order chi connectivity index (χ1) is 9.10. The lowest BCUT2D eigenvalue weighted by Crippen LogP contribution is -2.17. The molecule has 0 radical (unpaired) electrons. The Morgan fingerprint density at radius 2 is 2.16 bits per heavy atom. The van der Waals surface area contributed by atoms with Gasteiger partial charge in [0.25, 0.3) is 0 Å². The Kier molecular flexibility index (Phi) is 4.61. The normalized spacial score (nSPS) is 12.6. The molecule has 1 aromatic carbocycles. The summed E-state index contributed by atoms with van der Waals surface area (Å²) in [4.78, 5) is 4.48. The molecule has 1 atom stereocenters. The van der Waals surface area contributed by atoms with Crippen LogP contribution in [0.25, 0.3) is 0 Å². The lowest BCUT2D eigenvalue weighted by atomic mass is 10.1. The van der Waals surface area contributed by atoms with Crippen LogP contribution in [0.5, 0.6) is 0 Å². The summed E-state index contributed by atoms with van der Waals surface area (Å²) in [5.74, 6) is -1.07. The number of halogens is 2. The highest BCUT2D eigenvalue weighted by Crippen LogP contribution is 2.20. The van der Waals surface area contributed by atoms with Gasteiger partial charge in [0.05, 0.1) is 10.7 Å². The molecule has 102 valence electrons. The van der Waals surface area contributed by atoms with Gasteiger partial charge in [-0.15, -0.1) is 11.3 Å². The van der Waals surface area contributed by atoms with Gasteiger partial charge in [0.15, 0.2) is 0 Å². The molecule has 0 aliphatic carbocycles. The Labute approximate surface area is 115 Å². The molecule has 1 unspecified atom stereocenters. The number of benzene rings is 1. The molecule has 0 amide bonds. The molecule has 2 nitrogen and oxygen atoms in total. The zero-order chi connectivity index (χ0) is 13.8. The molecular formula is C14H16F2N2S. The zero-order valence-corrected chi connectivity index (χ0v) is 11.7. The van der Waals surface area contributed by atoms with Gasteiger partial charge in [0, 0.05) is 23.9 Å². The van der Waals surface area contributed by atoms with Crippen molar-refractivity contribution in [3.63, 3.8) is 0 Å². The minimum Gasteiger partial charge on any atom is -0.309 e. The van der Waals surface area contributed by atoms with Gasteiger partial charge in [-0.2, -0.15) is 0 Å². The van der Waals surface area contributed by atoms with Crippen LogP contribution in [-0.4, -0.2) is 11.5 Å². The standard InChI is InChI=1S/C14H16F2N2S/c1-3-17-9(2)13-8-19-14(18-13)6-10-4-5-11(15)7-12(10)16/h4-5,7-9,17H,3,6H2,1-2H3. The molecule has 0 spiro atoms. The number of thiazole rings is 1. The van der Waals surface area contributed by atoms with Crippen LogP contribution in [0.1, 0.15) is 36.2 Å². The van der Waals surface area contributed by atoms with Crippen molar-refractivity contribution < 1.29 is 8.78 Å². The molecular weight excluding hydrogens is 266 g/mol. The maximum absolute atomic E-state index is 13.5. The number of hydrogen-bond acceptors (Lipinski definition) is 3. The Morgan fingerprint density at radius 3 is 2.84 bits per heavy atom. The third kappa shape index (κ3) is 3.58. The van der Waals surface area contributed by atoms with Crippen molar-refractivity contribution in [1.82, 2.24) is 10.3 Å². The molecule has 0 aliphatic heterocycles. The van der Waals surface area contributed by atoms with Gasteiger partial charge in [0.2, 0.25) is 0 Å². The van der Waals surface area contributed by atoms with Crippen molar-refractivity contribution in [2.45, 2.75) is 26.3 Å². The van der Waals surface area contributed by atoms with Crippen LogP contribution < -0.4 is 5.32 Å². The molecule has 5 heteroatoms. The minimum atomic E-state index is -0.554. The van der Waals surface area contributed by atoms with E-state index in [1.165, 1.54) is 23.5 Å². The number of aromatic nitrogens is 1. The highest BCUT2D eigenvalue weighted by atomic mass is 32.1. The van der Waals surface area contributed by atoms with Crippen LogP contribution in [-0.2, 0) is 6.42 Å². The molecule has 1 N–H and O–H groups in total. The van der Waals surface area contributed by atoms with Gasteiger partial charge in [-0.1, -0.05) is 13.0 Å². The molecule has 1 aromatic heterocycles. The van der Waals surface area contributed by atoms with Crippen molar-refractivity contribution in [1.29, 1.82) is 0 Å². The monoisotopic (exact) mass is 282 g/mol. The predicted molar refractivity (Wildman–Crippen MR) is 73.4 cm³/mol. The molecule has 0 aliphatic rings. The number of nitrogens with zero attached hydrogens (tertiary/aromatic N) is 1. The fraction of sp³-hybridized carbons (Fsp3) is 0.357. The fourth-order valence-corrected chi connectivity index (χ4v) is 2.75. The second-order valence-electron chi connectivity index (χ2n) is 4.36. The van der Waals surface area contributed by atoms with Crippen LogP contribution in [0.4, 0.5) is 8.78 Å². The third-order valence-corrected chi connectivity index (χ3v) is 3.75. The van der Waals surface area contributed by atoms with Crippen LogP contribution in [0.3, 0.4) is 0 Å². The first-order valence-electron chi connectivity index (χ1n) is 6.21. The molecule has 2 rings (SSSR count). The van der Waals surface area contributed by atoms with Crippen molar-refractivity contribution in [3.8, 4) is 0 Å². The van der Waals surface area contributed by atoms with E-state index in [-0.39, 0.29) is 6.04 Å². The van der Waals surface area contributed by atoms with Crippen molar-refractivity contribution in [2.24, 2.45) is 0 Å². The lowest BCUT2D eigenvalue weighted by molar-refractivity contribution is 0.573. The summed E-state index contributed by atoms with van der Waals surface area (Å²) in [6.07, 6.45) is 0.398. The highest BCUT2D eigenvalue weighted by Gasteiger charge is 2.11. The number of rotatable bonds is 5. The Hall–Kier alpha value is -1.33. The number of hydrogen-bond donors (Lipinski definition) is 1. The van der Waals surface area contributed by atoms with Crippen LogP contribution in [0.15, 0.2) is 23.6 Å². The minimum absolute atomic E-state index is 0.188. The molecule has 0 saturated heterocycles. The molecule has 1 heterocycles. The first kappa shape index (κ1) is 14.1. The van der Waals surface area contributed by atoms with E-state index in [9.17, 15) is 8.78 Å². The summed E-state index contributed by atoms with van der Waals surface area (Å²) in [5, 5.41) is 6.09. The summed E-state index contributed by atoms with van der Waals surface area (Å²) in [6, 6.07) is 3.84. The molecule has 0 saturated carbocycles. The second-order valence-corrected chi connectivity index (χ2v) is 5.30. The molecule has 2 aromatic rings. The smallest absolute Gasteiger partial charge is 0.129 e. The molecule has 0 fully saturated rings. The van der Waals surface area contributed by atoms with Gasteiger partial charge < -0.3 is 5.32 Å². The fourth-order valence-electron chi connectivity index (χ4n) is 1.84. The van der Waals surface area contributed by atoms with E-state index in [1.54, 1.807) is 0 Å². The lowest BCUT2D eigenvalue weighted by Gasteiger charge is -2.08. The van der Waals surface area contributed by atoms with E-state index in [0.717, 1.165) is 23.3 Å². The quantitative estimate of drug-likeness (QED) is 0.905. The van der Waals surface area contributed by atoms with E-state index in [1.807, 2.05) is 19.2 Å². The van der Waals surface area contributed by atoms with Gasteiger partial charge in [-0.25, -0.2) is 13.8 Å². The van der Waals surface area contributed by atoms with Crippen LogP contribution in [0.2, 0.25) is 0 Å². The van der Waals surface area contributed by atoms with E-state index >= 15 is 0 Å². The summed E-state index contributed by atoms with van der Waals surface area (Å²) in [5.41, 5.74) is 1.43. The van der Waals surface area contributed by atoms with E-state index in [0.29, 0.717) is 12.0 Å². The SMILES string of the molecule is CCNC(C)c1csc(Cc2ccc(F)cc2F)n1. The van der Waals surface area contributed by atoms with Crippen molar-refractivity contribution in [3.05, 3.63) is 51.5 Å². The van der Waals surface area contributed by atoms with Crippen molar-refractivity contribution >= 4 is 11.3 Å². The van der Waals surface area contributed by atoms with Gasteiger partial charge in [-0.05, 0) is 25.1 Å². The Bertz CT molecular complexity index is 554. The summed E-state index contributed by atoms with van der Waals surface area (Å²) in [6.45, 7) is 4.96. The summed E-state index contributed by atoms with van der Waals surface area (Å²) < 4.78 is 26.4. The largest absolute Gasteiger partial charge is 0.309 e. The Morgan fingerprint density at radius 1 is 1.37 bits per heavy atom. The molecule has 19 heavy (non-hydrogen) atoms. The average molecular weight is 282 g/mol. The average Bonchev–Trinajstić information content (AvgIpc) is 2.82. The third-order valence-electron chi connectivity index (χ3n) is 2.88. The maximum atomic E-state index is 13.5. The van der Waals surface area contributed by atoms with E-state index < -0.39 is 11.6 Å². The molecule has 0 bridgehead atoms. The summed E-state index contributed by atoms with van der Waals surface area (Å²) in [7, 11) is 0. The number of nitrogens with one attached hydrogen (secondary N) is 1. The summed E-state index contributed by atoms with van der Waals surface area (Å²) >= 11 is 1.50. The van der Waals surface area contributed by atoms with Crippen LogP contribution in [0, 0.1) is 11.6 Å². The van der Waals surface area contributed by atoms with Crippen molar-refractivity contribution in [2.75, 3.05) is 6.54 Å². The second kappa shape index (κ2) is 6.21. The highest BCUT2D eigenvalue weighted by molar-refractivity contribution is 7.09. The zero-order valence-electron chi connectivity index (χ0n) is 10.9. The maximum Gasteiger partial charge on any atom is 0.129 e. The van der Waals surface area contributed by atoms with Gasteiger partial charge in [0.1, 0.15) is 11.6 Å². The van der Waals surface area contributed by atoms with Gasteiger partial charge >= 0.3 is 0 Å². The van der Waals surface area contributed by atoms with E-state index in [4.69, 9.17) is 0 Å².